The van der Waals surface area contributed by atoms with Crippen LogP contribution in [0.2, 0.25) is 0 Å². The van der Waals surface area contributed by atoms with Gasteiger partial charge in [-0.25, -0.2) is 8.51 Å². The second-order valence-corrected chi connectivity index (χ2v) is 4.61. The molecule has 1 rings (SSSR count). The van der Waals surface area contributed by atoms with Gasteiger partial charge in [0.25, 0.3) is 0 Å². The van der Waals surface area contributed by atoms with E-state index in [-0.39, 0.29) is 0 Å². The van der Waals surface area contributed by atoms with Crippen molar-refractivity contribution in [3.05, 3.63) is 0 Å². The molecule has 0 amide bonds. The summed E-state index contributed by atoms with van der Waals surface area (Å²) in [5, 5.41) is 0. The minimum absolute atomic E-state index is 0.333. The van der Waals surface area contributed by atoms with Gasteiger partial charge in [0.2, 0.25) is 0 Å². The zero-order valence-corrected chi connectivity index (χ0v) is 7.77. The topological polar surface area (TPSA) is 46.3 Å². The maximum Gasteiger partial charge on any atom is 0.0939 e. The number of nitrogens with two attached hydrogens (primary N) is 1. The Balaban J connectivity index is 2.33. The fourth-order valence-electron chi connectivity index (χ4n) is 1.26. The molecule has 11 heavy (non-hydrogen) atoms. The lowest BCUT2D eigenvalue weighted by Crippen LogP contribution is -2.40. The molecular weight excluding hydrogens is 160 g/mol. The smallest absolute Gasteiger partial charge is 0.0939 e. The molecule has 66 valence electrons. The van der Waals surface area contributed by atoms with E-state index in [9.17, 15) is 4.21 Å². The number of hydrogen-bond acceptors (Lipinski definition) is 2. The maximum absolute atomic E-state index is 11.3. The first-order chi connectivity index (χ1) is 5.24. The van der Waals surface area contributed by atoms with Gasteiger partial charge in [0.15, 0.2) is 0 Å². The van der Waals surface area contributed by atoms with Crippen LogP contribution in [0.4, 0.5) is 0 Å². The van der Waals surface area contributed by atoms with Gasteiger partial charge in [0, 0.05) is 24.9 Å². The minimum atomic E-state index is -0.751. The highest BCUT2D eigenvalue weighted by Gasteiger charge is 2.18. The Morgan fingerprint density at radius 3 is 2.55 bits per heavy atom. The van der Waals surface area contributed by atoms with Gasteiger partial charge in [-0.3, -0.25) is 0 Å². The van der Waals surface area contributed by atoms with E-state index in [0.717, 1.165) is 31.7 Å². The monoisotopic (exact) mass is 176 g/mol. The molecule has 0 spiro atoms. The molecule has 1 saturated heterocycles. The molecule has 0 aliphatic carbocycles. The molecule has 0 bridgehead atoms. The highest BCUT2D eigenvalue weighted by atomic mass is 32.2. The van der Waals surface area contributed by atoms with Gasteiger partial charge in [-0.2, -0.15) is 0 Å². The molecule has 1 aliphatic heterocycles. The minimum Gasteiger partial charge on any atom is -0.328 e. The van der Waals surface area contributed by atoms with E-state index in [1.807, 2.05) is 11.2 Å². The second kappa shape index (κ2) is 4.18. The summed E-state index contributed by atoms with van der Waals surface area (Å²) in [7, 11) is -0.751. The molecule has 1 atom stereocenters. The first kappa shape index (κ1) is 9.16. The van der Waals surface area contributed by atoms with Gasteiger partial charge in [0.05, 0.1) is 11.0 Å². The first-order valence-electron chi connectivity index (χ1n) is 4.13. The third-order valence-electron chi connectivity index (χ3n) is 2.03. The van der Waals surface area contributed by atoms with Crippen molar-refractivity contribution in [3.8, 4) is 0 Å². The zero-order chi connectivity index (χ0) is 8.27. The number of rotatable bonds is 2. The fourth-order valence-corrected chi connectivity index (χ4v) is 2.25. The molecule has 0 saturated carbocycles. The molecule has 1 heterocycles. The third kappa shape index (κ3) is 2.54. The predicted molar refractivity (Wildman–Crippen MR) is 47.5 cm³/mol. The molecule has 4 heteroatoms. The summed E-state index contributed by atoms with van der Waals surface area (Å²) in [5.41, 5.74) is 5.71. The van der Waals surface area contributed by atoms with E-state index in [1.54, 1.807) is 0 Å². The molecular formula is C7H16N2OS. The summed E-state index contributed by atoms with van der Waals surface area (Å²) in [5.74, 6) is 0.731. The third-order valence-corrected chi connectivity index (χ3v) is 3.47. The van der Waals surface area contributed by atoms with Crippen molar-refractivity contribution in [2.75, 3.05) is 18.8 Å². The van der Waals surface area contributed by atoms with Crippen LogP contribution in [-0.4, -0.2) is 33.4 Å². The van der Waals surface area contributed by atoms with Crippen molar-refractivity contribution in [3.63, 3.8) is 0 Å². The molecule has 1 aliphatic rings. The summed E-state index contributed by atoms with van der Waals surface area (Å²) < 4.78 is 13.3. The van der Waals surface area contributed by atoms with Gasteiger partial charge in [-0.05, 0) is 12.8 Å². The summed E-state index contributed by atoms with van der Waals surface area (Å²) >= 11 is 0. The van der Waals surface area contributed by atoms with Crippen LogP contribution in [0.3, 0.4) is 0 Å². The van der Waals surface area contributed by atoms with Crippen LogP contribution in [0.5, 0.6) is 0 Å². The van der Waals surface area contributed by atoms with Crippen LogP contribution >= 0.6 is 0 Å². The number of nitrogens with zero attached hydrogens (tertiary/aromatic N) is 1. The highest BCUT2D eigenvalue weighted by Crippen LogP contribution is 2.09. The van der Waals surface area contributed by atoms with Crippen LogP contribution in [0.15, 0.2) is 0 Å². The molecule has 3 nitrogen and oxygen atoms in total. The lowest BCUT2D eigenvalue weighted by molar-refractivity contribution is 0.335. The Hall–Kier alpha value is 0.0700. The SMILES string of the molecule is CCS(=O)N1CCC(N)CC1. The van der Waals surface area contributed by atoms with Gasteiger partial charge in [0.1, 0.15) is 0 Å². The molecule has 0 aromatic heterocycles. The Labute approximate surface area is 70.5 Å². The Bertz CT molecular complexity index is 143. The number of piperidine rings is 1. The van der Waals surface area contributed by atoms with Gasteiger partial charge in [-0.1, -0.05) is 6.92 Å². The van der Waals surface area contributed by atoms with E-state index >= 15 is 0 Å². The molecule has 1 fully saturated rings. The average molecular weight is 176 g/mol. The maximum atomic E-state index is 11.3. The Morgan fingerprint density at radius 1 is 1.55 bits per heavy atom. The van der Waals surface area contributed by atoms with Crippen molar-refractivity contribution in [2.24, 2.45) is 5.73 Å². The van der Waals surface area contributed by atoms with E-state index in [2.05, 4.69) is 0 Å². The normalized spacial score (nSPS) is 25.3. The molecule has 0 aromatic rings. The second-order valence-electron chi connectivity index (χ2n) is 2.88. The molecule has 2 N–H and O–H groups in total. The van der Waals surface area contributed by atoms with Crippen LogP contribution in [0.25, 0.3) is 0 Å². The lowest BCUT2D eigenvalue weighted by atomic mass is 10.1. The zero-order valence-electron chi connectivity index (χ0n) is 6.95. The number of hydrogen-bond donors (Lipinski definition) is 1. The first-order valence-corrected chi connectivity index (χ1v) is 5.40. The van der Waals surface area contributed by atoms with E-state index in [1.165, 1.54) is 0 Å². The average Bonchev–Trinajstić information content (AvgIpc) is 2.05. The van der Waals surface area contributed by atoms with Gasteiger partial charge >= 0.3 is 0 Å². The van der Waals surface area contributed by atoms with Crippen LogP contribution in [0, 0.1) is 0 Å². The van der Waals surface area contributed by atoms with E-state index in [4.69, 9.17) is 5.73 Å². The highest BCUT2D eigenvalue weighted by molar-refractivity contribution is 7.82. The fraction of sp³-hybridized carbons (Fsp3) is 1.00. The van der Waals surface area contributed by atoms with Gasteiger partial charge < -0.3 is 5.73 Å². The van der Waals surface area contributed by atoms with Crippen molar-refractivity contribution >= 4 is 11.0 Å². The summed E-state index contributed by atoms with van der Waals surface area (Å²) in [4.78, 5) is 0. The predicted octanol–water partition coefficient (Wildman–Crippen LogP) is 0.0931. The van der Waals surface area contributed by atoms with Crippen molar-refractivity contribution in [1.29, 1.82) is 0 Å². The van der Waals surface area contributed by atoms with E-state index < -0.39 is 11.0 Å². The van der Waals surface area contributed by atoms with Crippen LogP contribution in [-0.2, 0) is 11.0 Å². The van der Waals surface area contributed by atoms with Crippen molar-refractivity contribution in [1.82, 2.24) is 4.31 Å². The standard InChI is InChI=1S/C7H16N2OS/c1-2-11(10)9-5-3-7(8)4-6-9/h7H,2-6,8H2,1H3. The Morgan fingerprint density at radius 2 is 2.09 bits per heavy atom. The van der Waals surface area contributed by atoms with Crippen molar-refractivity contribution < 1.29 is 4.21 Å². The molecule has 1 unspecified atom stereocenters. The van der Waals surface area contributed by atoms with Crippen LogP contribution < -0.4 is 5.73 Å². The molecule has 0 radical (unpaired) electrons. The summed E-state index contributed by atoms with van der Waals surface area (Å²) in [6.07, 6.45) is 1.98. The Kier molecular flexibility index (Phi) is 3.48. The summed E-state index contributed by atoms with van der Waals surface area (Å²) in [6, 6.07) is 0.333. The largest absolute Gasteiger partial charge is 0.328 e. The van der Waals surface area contributed by atoms with Crippen molar-refractivity contribution in [2.45, 2.75) is 25.8 Å². The van der Waals surface area contributed by atoms with Gasteiger partial charge in [-0.15, -0.1) is 0 Å². The van der Waals surface area contributed by atoms with Crippen LogP contribution in [0.1, 0.15) is 19.8 Å². The summed E-state index contributed by atoms with van der Waals surface area (Å²) in [6.45, 7) is 3.76. The lowest BCUT2D eigenvalue weighted by Gasteiger charge is -2.28. The molecule has 0 aromatic carbocycles. The van der Waals surface area contributed by atoms with E-state index in [0.29, 0.717) is 6.04 Å². The quantitative estimate of drug-likeness (QED) is 0.648.